The van der Waals surface area contributed by atoms with Crippen molar-refractivity contribution in [3.05, 3.63) is 29.7 Å². The second-order valence-electron chi connectivity index (χ2n) is 10.2. The molecule has 1 aromatic heterocycles. The summed E-state index contributed by atoms with van der Waals surface area (Å²) in [6.07, 6.45) is 19.7. The Bertz CT molecular complexity index is 722. The lowest BCUT2D eigenvalue weighted by Gasteiger charge is -2.35. The van der Waals surface area contributed by atoms with Crippen LogP contribution in [-0.4, -0.2) is 18.2 Å². The highest BCUT2D eigenvalue weighted by Gasteiger charge is 2.28. The number of pyridine rings is 1. The molecule has 0 amide bonds. The van der Waals surface area contributed by atoms with Gasteiger partial charge in [0.15, 0.2) is 5.75 Å². The van der Waals surface area contributed by atoms with E-state index in [1.807, 2.05) is 0 Å². The third kappa shape index (κ3) is 6.95. The van der Waals surface area contributed by atoms with Gasteiger partial charge in [-0.25, -0.2) is 0 Å². The normalized spacial score (nSPS) is 26.4. The van der Waals surface area contributed by atoms with Gasteiger partial charge in [-0.15, -0.1) is 0 Å². The van der Waals surface area contributed by atoms with Gasteiger partial charge in [0.1, 0.15) is 6.61 Å². The molecule has 0 saturated heterocycles. The number of hydrogen-bond acceptors (Lipinski definition) is 3. The molecule has 1 aromatic rings. The van der Waals surface area contributed by atoms with Crippen LogP contribution in [0.1, 0.15) is 90.4 Å². The van der Waals surface area contributed by atoms with Gasteiger partial charge in [0, 0.05) is 6.07 Å². The van der Waals surface area contributed by atoms with Crippen molar-refractivity contribution < 1.29 is 13.9 Å². The Balaban J connectivity index is 1.17. The number of halogens is 1. The summed E-state index contributed by atoms with van der Waals surface area (Å²) in [6, 6.07) is 3.36. The predicted octanol–water partition coefficient (Wildman–Crippen LogP) is 7.50. The number of nitrogens with zero attached hydrogens (tertiary/aromatic N) is 1. The van der Waals surface area contributed by atoms with Crippen LogP contribution in [0.25, 0.3) is 0 Å². The molecule has 3 aliphatic carbocycles. The van der Waals surface area contributed by atoms with E-state index in [4.69, 9.17) is 9.47 Å². The molecule has 1 heterocycles. The molecule has 2 saturated carbocycles. The van der Waals surface area contributed by atoms with E-state index in [-0.39, 0.29) is 5.75 Å². The fraction of sp³-hybridized carbons (Fsp3) is 0.741. The van der Waals surface area contributed by atoms with Crippen molar-refractivity contribution in [3.63, 3.8) is 0 Å². The molecule has 1 unspecified atom stereocenters. The standard InChI is InChI=1S/C27H40FNO2/c1-2-3-4-5-20-8-12-23(13-9-20)24-14-10-22(11-15-24)19-31-26-17-16-25(27(28)29-26)30-18-21-6-7-21/h10,16-17,20-21,23-24H,2-9,11-15,18-19H2,1H3. The fourth-order valence-electron chi connectivity index (χ4n) is 5.35. The average Bonchev–Trinajstić information content (AvgIpc) is 3.63. The van der Waals surface area contributed by atoms with Crippen molar-refractivity contribution in [2.24, 2.45) is 23.7 Å². The van der Waals surface area contributed by atoms with Crippen LogP contribution in [0.4, 0.5) is 4.39 Å². The molecule has 172 valence electrons. The van der Waals surface area contributed by atoms with Crippen LogP contribution < -0.4 is 9.47 Å². The van der Waals surface area contributed by atoms with Gasteiger partial charge < -0.3 is 9.47 Å². The molecule has 31 heavy (non-hydrogen) atoms. The van der Waals surface area contributed by atoms with Gasteiger partial charge >= 0.3 is 0 Å². The van der Waals surface area contributed by atoms with E-state index in [0.29, 0.717) is 25.0 Å². The molecule has 0 aromatic carbocycles. The van der Waals surface area contributed by atoms with Gasteiger partial charge in [0.25, 0.3) is 5.95 Å². The van der Waals surface area contributed by atoms with Gasteiger partial charge in [-0.2, -0.15) is 9.37 Å². The minimum absolute atomic E-state index is 0.235. The lowest BCUT2D eigenvalue weighted by molar-refractivity contribution is 0.183. The molecule has 0 bridgehead atoms. The van der Waals surface area contributed by atoms with E-state index in [0.717, 1.165) is 24.2 Å². The molecular formula is C27H40FNO2. The summed E-state index contributed by atoms with van der Waals surface area (Å²) in [4.78, 5) is 3.94. The van der Waals surface area contributed by atoms with Crippen molar-refractivity contribution in [1.82, 2.24) is 4.98 Å². The summed E-state index contributed by atoms with van der Waals surface area (Å²) < 4.78 is 25.4. The minimum Gasteiger partial charge on any atom is -0.488 e. The van der Waals surface area contributed by atoms with E-state index in [1.54, 1.807) is 12.1 Å². The first kappa shape index (κ1) is 22.6. The monoisotopic (exact) mass is 429 g/mol. The Morgan fingerprint density at radius 2 is 1.74 bits per heavy atom. The Kier molecular flexibility index (Phi) is 8.27. The Labute approximate surface area is 187 Å². The Morgan fingerprint density at radius 3 is 2.42 bits per heavy atom. The summed E-state index contributed by atoms with van der Waals surface area (Å²) in [5.41, 5.74) is 1.33. The van der Waals surface area contributed by atoms with Crippen LogP contribution in [0.2, 0.25) is 0 Å². The zero-order valence-electron chi connectivity index (χ0n) is 19.3. The van der Waals surface area contributed by atoms with Crippen molar-refractivity contribution in [1.29, 1.82) is 0 Å². The van der Waals surface area contributed by atoms with Crippen molar-refractivity contribution in [2.75, 3.05) is 13.2 Å². The zero-order valence-corrected chi connectivity index (χ0v) is 19.3. The summed E-state index contributed by atoms with van der Waals surface area (Å²) in [5, 5.41) is 0. The second-order valence-corrected chi connectivity index (χ2v) is 10.2. The van der Waals surface area contributed by atoms with E-state index in [1.165, 1.54) is 82.6 Å². The molecule has 0 spiro atoms. The molecule has 0 radical (unpaired) electrons. The lowest BCUT2D eigenvalue weighted by atomic mass is 9.70. The summed E-state index contributed by atoms with van der Waals surface area (Å²) in [6.45, 7) is 3.40. The van der Waals surface area contributed by atoms with Crippen LogP contribution in [0.3, 0.4) is 0 Å². The largest absolute Gasteiger partial charge is 0.488 e. The maximum absolute atomic E-state index is 14.1. The molecule has 4 heteroatoms. The molecule has 0 aliphatic heterocycles. The maximum Gasteiger partial charge on any atom is 0.258 e. The lowest BCUT2D eigenvalue weighted by Crippen LogP contribution is -2.24. The van der Waals surface area contributed by atoms with E-state index in [9.17, 15) is 4.39 Å². The number of allylic oxidation sites excluding steroid dienone is 1. The Morgan fingerprint density at radius 1 is 0.935 bits per heavy atom. The summed E-state index contributed by atoms with van der Waals surface area (Å²) >= 11 is 0. The quantitative estimate of drug-likeness (QED) is 0.207. The van der Waals surface area contributed by atoms with Crippen LogP contribution in [0, 0.1) is 29.6 Å². The number of rotatable bonds is 11. The average molecular weight is 430 g/mol. The first-order chi connectivity index (χ1) is 15.2. The van der Waals surface area contributed by atoms with Gasteiger partial charge in [-0.3, -0.25) is 0 Å². The minimum atomic E-state index is -0.568. The number of hydrogen-bond donors (Lipinski definition) is 0. The van der Waals surface area contributed by atoms with Gasteiger partial charge in [-0.05, 0) is 80.3 Å². The van der Waals surface area contributed by atoms with Crippen molar-refractivity contribution in [3.8, 4) is 11.6 Å². The SMILES string of the molecule is CCCCCC1CCC(C2CC=C(COc3ccc(OCC4CC4)c(F)n3)CC2)CC1. The zero-order chi connectivity index (χ0) is 21.5. The van der Waals surface area contributed by atoms with E-state index >= 15 is 0 Å². The van der Waals surface area contributed by atoms with E-state index < -0.39 is 5.95 Å². The van der Waals surface area contributed by atoms with Crippen LogP contribution in [-0.2, 0) is 0 Å². The molecule has 2 fully saturated rings. The fourth-order valence-corrected chi connectivity index (χ4v) is 5.35. The van der Waals surface area contributed by atoms with Gasteiger partial charge in [-0.1, -0.05) is 51.5 Å². The molecule has 1 atom stereocenters. The highest BCUT2D eigenvalue weighted by Crippen LogP contribution is 2.41. The van der Waals surface area contributed by atoms with Gasteiger partial charge in [0.05, 0.1) is 6.61 Å². The second kappa shape index (κ2) is 11.3. The van der Waals surface area contributed by atoms with Crippen molar-refractivity contribution in [2.45, 2.75) is 90.4 Å². The molecule has 3 nitrogen and oxygen atoms in total. The topological polar surface area (TPSA) is 31.4 Å². The first-order valence-corrected chi connectivity index (χ1v) is 12.8. The van der Waals surface area contributed by atoms with Crippen LogP contribution in [0.5, 0.6) is 11.6 Å². The number of aromatic nitrogens is 1. The molecule has 3 aliphatic rings. The smallest absolute Gasteiger partial charge is 0.258 e. The summed E-state index contributed by atoms with van der Waals surface area (Å²) in [7, 11) is 0. The number of unbranched alkanes of at least 4 members (excludes halogenated alkanes) is 2. The highest BCUT2D eigenvalue weighted by atomic mass is 19.1. The van der Waals surface area contributed by atoms with Gasteiger partial charge in [0.2, 0.25) is 5.88 Å². The first-order valence-electron chi connectivity index (χ1n) is 12.8. The number of ether oxygens (including phenoxy) is 2. The van der Waals surface area contributed by atoms with Crippen molar-refractivity contribution >= 4 is 0 Å². The molecular weight excluding hydrogens is 389 g/mol. The summed E-state index contributed by atoms with van der Waals surface area (Å²) in [5.74, 6) is 3.36. The highest BCUT2D eigenvalue weighted by molar-refractivity contribution is 5.25. The third-order valence-electron chi connectivity index (χ3n) is 7.69. The molecule has 0 N–H and O–H groups in total. The van der Waals surface area contributed by atoms with Crippen LogP contribution >= 0.6 is 0 Å². The van der Waals surface area contributed by atoms with E-state index in [2.05, 4.69) is 18.0 Å². The predicted molar refractivity (Wildman–Crippen MR) is 123 cm³/mol. The third-order valence-corrected chi connectivity index (χ3v) is 7.69. The van der Waals surface area contributed by atoms with Crippen LogP contribution in [0.15, 0.2) is 23.8 Å². The molecule has 4 rings (SSSR count). The Hall–Kier alpha value is -1.58. The maximum atomic E-state index is 14.1.